The predicted octanol–water partition coefficient (Wildman–Crippen LogP) is 0.560. The lowest BCUT2D eigenvalue weighted by molar-refractivity contribution is 0.215. The smallest absolute Gasteiger partial charge is 0.121 e. The molecule has 1 atom stereocenters. The van der Waals surface area contributed by atoms with Gasteiger partial charge in [-0.15, -0.1) is 0 Å². The van der Waals surface area contributed by atoms with Gasteiger partial charge in [-0.25, -0.2) is 0 Å². The number of aromatic nitrogens is 1. The highest BCUT2D eigenvalue weighted by Gasteiger charge is 2.16. The number of hydrogen-bond acceptors (Lipinski definition) is 3. The number of nitrogens with one attached hydrogen (secondary N) is 1. The molecule has 0 fully saturated rings. The first kappa shape index (κ1) is 11.4. The van der Waals surface area contributed by atoms with Crippen LogP contribution in [0.1, 0.15) is 28.5 Å². The highest BCUT2D eigenvalue weighted by atomic mass is 16.3. The summed E-state index contributed by atoms with van der Waals surface area (Å²) in [6.45, 7) is 1.70. The molecule has 4 heteroatoms. The summed E-state index contributed by atoms with van der Waals surface area (Å²) in [6.07, 6.45) is 1.11. The van der Waals surface area contributed by atoms with E-state index in [0.29, 0.717) is 11.2 Å². The van der Waals surface area contributed by atoms with Gasteiger partial charge in [-0.1, -0.05) is 29.7 Å². The van der Waals surface area contributed by atoms with Crippen molar-refractivity contribution in [1.29, 1.82) is 0 Å². The Bertz CT molecular complexity index is 586. The average molecular weight is 236 g/mol. The molecule has 88 valence electrons. The van der Waals surface area contributed by atoms with Crippen LogP contribution >= 0.6 is 0 Å². The van der Waals surface area contributed by atoms with Gasteiger partial charge in [0.2, 0.25) is 0 Å². The molecule has 1 aliphatic rings. The number of pyridine rings is 1. The Balaban J connectivity index is 1.95. The number of aliphatic hydroxyl groups excluding tert-OH is 1. The van der Waals surface area contributed by atoms with E-state index in [1.807, 2.05) is 24.4 Å². The van der Waals surface area contributed by atoms with E-state index in [2.05, 4.69) is 10.3 Å². The Morgan fingerprint density at radius 1 is 1.22 bits per heavy atom. The molecule has 18 heavy (non-hydrogen) atoms. The molecule has 3 rings (SSSR count). The molecule has 2 radical (unpaired) electrons. The highest BCUT2D eigenvalue weighted by Crippen LogP contribution is 2.23. The van der Waals surface area contributed by atoms with Crippen molar-refractivity contribution in [3.05, 3.63) is 58.9 Å². The number of aliphatic hydroxyl groups is 1. The van der Waals surface area contributed by atoms with Crippen LogP contribution in [0.4, 0.5) is 0 Å². The summed E-state index contributed by atoms with van der Waals surface area (Å²) in [6, 6.07) is 9.23. The van der Waals surface area contributed by atoms with Gasteiger partial charge in [0.15, 0.2) is 0 Å². The molecule has 0 amide bonds. The number of nitrogens with zero attached hydrogens (tertiary/aromatic N) is 1. The Morgan fingerprint density at radius 3 is 2.89 bits per heavy atom. The third-order valence-electron chi connectivity index (χ3n) is 3.24. The Kier molecular flexibility index (Phi) is 2.90. The van der Waals surface area contributed by atoms with Crippen LogP contribution in [0.5, 0.6) is 0 Å². The molecule has 0 saturated heterocycles. The summed E-state index contributed by atoms with van der Waals surface area (Å²) in [4.78, 5) is 4.33. The molecule has 0 saturated carbocycles. The van der Waals surface area contributed by atoms with E-state index in [-0.39, 0.29) is 0 Å². The molecule has 0 aliphatic carbocycles. The van der Waals surface area contributed by atoms with Crippen molar-refractivity contribution in [2.45, 2.75) is 19.2 Å². The molecule has 3 nitrogen and oxygen atoms in total. The molecule has 0 bridgehead atoms. The van der Waals surface area contributed by atoms with Crippen molar-refractivity contribution < 1.29 is 5.11 Å². The molecule has 1 aliphatic heterocycles. The molecule has 1 unspecified atom stereocenters. The number of benzene rings is 1. The third kappa shape index (κ3) is 2.05. The van der Waals surface area contributed by atoms with Crippen LogP contribution in [0.25, 0.3) is 0 Å². The topological polar surface area (TPSA) is 45.2 Å². The molecule has 1 aromatic carbocycles. The van der Waals surface area contributed by atoms with Crippen LogP contribution in [0, 0.1) is 0 Å². The van der Waals surface area contributed by atoms with Crippen molar-refractivity contribution in [3.8, 4) is 0 Å². The lowest BCUT2D eigenvalue weighted by Crippen LogP contribution is -2.08. The van der Waals surface area contributed by atoms with E-state index in [1.165, 1.54) is 11.1 Å². The second kappa shape index (κ2) is 4.56. The SMILES string of the molecule is [B]c1cccc(C(O)c2cc3c(cn2)CNC3)c1. The van der Waals surface area contributed by atoms with E-state index in [4.69, 9.17) is 7.85 Å². The van der Waals surface area contributed by atoms with Crippen LogP contribution in [0.15, 0.2) is 36.5 Å². The van der Waals surface area contributed by atoms with Gasteiger partial charge in [0, 0.05) is 19.3 Å². The zero-order valence-corrected chi connectivity index (χ0v) is 9.93. The van der Waals surface area contributed by atoms with Crippen LogP contribution in [-0.4, -0.2) is 17.9 Å². The monoisotopic (exact) mass is 236 g/mol. The predicted molar refractivity (Wildman–Crippen MR) is 70.7 cm³/mol. The number of rotatable bonds is 2. The lowest BCUT2D eigenvalue weighted by atomic mass is 9.92. The summed E-state index contributed by atoms with van der Waals surface area (Å²) in [7, 11) is 5.72. The van der Waals surface area contributed by atoms with Crippen LogP contribution < -0.4 is 10.8 Å². The summed E-state index contributed by atoms with van der Waals surface area (Å²) in [5.74, 6) is 0. The fourth-order valence-corrected chi connectivity index (χ4v) is 2.25. The van der Waals surface area contributed by atoms with Crippen LogP contribution in [0.2, 0.25) is 0 Å². The van der Waals surface area contributed by atoms with Crippen molar-refractivity contribution in [2.24, 2.45) is 0 Å². The van der Waals surface area contributed by atoms with Gasteiger partial charge in [0.25, 0.3) is 0 Å². The standard InChI is InChI=1S/C14H13BN2O/c15-12-3-1-2-9(4-12)14(18)13-5-10-6-16-7-11(10)8-17-13/h1-5,8,14,16,18H,6-7H2. The normalized spacial score (nSPS) is 15.4. The fraction of sp³-hybridized carbons (Fsp3) is 0.214. The van der Waals surface area contributed by atoms with Gasteiger partial charge in [0.05, 0.1) is 5.69 Å². The van der Waals surface area contributed by atoms with E-state index in [0.717, 1.165) is 18.7 Å². The molecule has 2 aromatic rings. The lowest BCUT2D eigenvalue weighted by Gasteiger charge is -2.12. The molecule has 0 spiro atoms. The van der Waals surface area contributed by atoms with Crippen molar-refractivity contribution >= 4 is 13.3 Å². The maximum absolute atomic E-state index is 10.3. The van der Waals surface area contributed by atoms with Gasteiger partial charge in [-0.05, 0) is 22.8 Å². The number of fused-ring (bicyclic) bond motifs is 1. The molecule has 1 aromatic heterocycles. The highest BCUT2D eigenvalue weighted by molar-refractivity contribution is 6.32. The minimum Gasteiger partial charge on any atom is -0.382 e. The Morgan fingerprint density at radius 2 is 2.06 bits per heavy atom. The van der Waals surface area contributed by atoms with Gasteiger partial charge >= 0.3 is 0 Å². The van der Waals surface area contributed by atoms with E-state index >= 15 is 0 Å². The van der Waals surface area contributed by atoms with Gasteiger partial charge in [-0.2, -0.15) is 0 Å². The Labute approximate surface area is 107 Å². The first-order valence-electron chi connectivity index (χ1n) is 5.96. The fourth-order valence-electron chi connectivity index (χ4n) is 2.25. The summed E-state index contributed by atoms with van der Waals surface area (Å²) >= 11 is 0. The molecular weight excluding hydrogens is 223 g/mol. The van der Waals surface area contributed by atoms with Gasteiger partial charge in [-0.3, -0.25) is 4.98 Å². The van der Waals surface area contributed by atoms with E-state index < -0.39 is 6.10 Å². The zero-order chi connectivity index (χ0) is 12.5. The van der Waals surface area contributed by atoms with E-state index in [1.54, 1.807) is 12.1 Å². The van der Waals surface area contributed by atoms with Gasteiger partial charge < -0.3 is 10.4 Å². The summed E-state index contributed by atoms with van der Waals surface area (Å²) in [5, 5.41) is 13.6. The zero-order valence-electron chi connectivity index (χ0n) is 9.93. The first-order chi connectivity index (χ1) is 8.74. The third-order valence-corrected chi connectivity index (χ3v) is 3.24. The Hall–Kier alpha value is -1.65. The first-order valence-corrected chi connectivity index (χ1v) is 5.96. The number of hydrogen-bond donors (Lipinski definition) is 2. The van der Waals surface area contributed by atoms with Crippen molar-refractivity contribution in [2.75, 3.05) is 0 Å². The molecular formula is C14H13BN2O. The van der Waals surface area contributed by atoms with E-state index in [9.17, 15) is 5.11 Å². The maximum atomic E-state index is 10.3. The van der Waals surface area contributed by atoms with Crippen LogP contribution in [0.3, 0.4) is 0 Å². The minimum absolute atomic E-state index is 0.648. The van der Waals surface area contributed by atoms with Crippen LogP contribution in [-0.2, 0) is 13.1 Å². The second-order valence-electron chi connectivity index (χ2n) is 4.55. The summed E-state index contributed by atoms with van der Waals surface area (Å²) in [5.41, 5.74) is 4.51. The van der Waals surface area contributed by atoms with Gasteiger partial charge in [0.1, 0.15) is 14.0 Å². The summed E-state index contributed by atoms with van der Waals surface area (Å²) < 4.78 is 0. The van der Waals surface area contributed by atoms with Crippen molar-refractivity contribution in [3.63, 3.8) is 0 Å². The second-order valence-corrected chi connectivity index (χ2v) is 4.55. The average Bonchev–Trinajstić information content (AvgIpc) is 2.85. The molecule has 2 heterocycles. The minimum atomic E-state index is -0.723. The maximum Gasteiger partial charge on any atom is 0.121 e. The van der Waals surface area contributed by atoms with Crippen molar-refractivity contribution in [1.82, 2.24) is 10.3 Å². The molecule has 2 N–H and O–H groups in total. The largest absolute Gasteiger partial charge is 0.382 e. The quantitative estimate of drug-likeness (QED) is 0.749.